The highest BCUT2D eigenvalue weighted by Crippen LogP contribution is 2.46. The molecule has 4 N–H and O–H groups in total. The SMILES string of the molecule is CCCCc1nc(-c2nc(N)c3c(n2)NC(=O)[C@@]3(C)c2ccc(O)c(Cl)c2)cn2ccnc12. The number of amides is 1. The third-order valence-electron chi connectivity index (χ3n) is 6.09. The van der Waals surface area contributed by atoms with Gasteiger partial charge in [-0.15, -0.1) is 0 Å². The molecule has 1 amide bonds. The molecule has 1 aliphatic heterocycles. The van der Waals surface area contributed by atoms with E-state index >= 15 is 0 Å². The van der Waals surface area contributed by atoms with Gasteiger partial charge in [0.05, 0.1) is 16.3 Å². The minimum absolute atomic E-state index is 0.0675. The molecule has 1 aromatic carbocycles. The van der Waals surface area contributed by atoms with E-state index in [1.807, 2.05) is 10.6 Å². The number of carbonyl (C=O) groups is 1. The maximum absolute atomic E-state index is 13.1. The Balaban J connectivity index is 1.64. The van der Waals surface area contributed by atoms with Gasteiger partial charge in [0.25, 0.3) is 0 Å². The number of aromatic nitrogens is 5. The van der Waals surface area contributed by atoms with Gasteiger partial charge in [0.15, 0.2) is 11.5 Å². The quantitative estimate of drug-likeness (QED) is 0.411. The van der Waals surface area contributed by atoms with E-state index in [0.29, 0.717) is 28.5 Å². The molecule has 0 fully saturated rings. The minimum Gasteiger partial charge on any atom is -0.506 e. The molecule has 10 heteroatoms. The van der Waals surface area contributed by atoms with Crippen molar-refractivity contribution in [2.45, 2.75) is 38.5 Å². The average Bonchev–Trinajstić information content (AvgIpc) is 3.37. The van der Waals surface area contributed by atoms with Crippen molar-refractivity contribution in [1.29, 1.82) is 0 Å². The number of hydrogen-bond acceptors (Lipinski definition) is 7. The van der Waals surface area contributed by atoms with E-state index in [-0.39, 0.29) is 22.5 Å². The monoisotopic (exact) mass is 463 g/mol. The van der Waals surface area contributed by atoms with E-state index in [4.69, 9.17) is 22.3 Å². The van der Waals surface area contributed by atoms with Crippen LogP contribution in [0.4, 0.5) is 11.6 Å². The largest absolute Gasteiger partial charge is 0.506 e. The standard InChI is InChI=1S/C23H22ClN7O2/c1-3-4-5-14-21-26-8-9-31(21)11-15(27-14)19-28-18(25)17-20(29-19)30-22(33)23(17,2)12-6-7-16(32)13(24)10-12/h6-11,32H,3-5H2,1-2H3,(H3,25,28,29,30,33)/t23-/m0/s1. The van der Waals surface area contributed by atoms with Gasteiger partial charge in [-0.3, -0.25) is 4.79 Å². The van der Waals surface area contributed by atoms with Crippen LogP contribution >= 0.6 is 11.6 Å². The summed E-state index contributed by atoms with van der Waals surface area (Å²) in [4.78, 5) is 31.4. The van der Waals surface area contributed by atoms with Crippen LogP contribution in [0.15, 0.2) is 36.8 Å². The van der Waals surface area contributed by atoms with Gasteiger partial charge in [-0.05, 0) is 37.5 Å². The molecule has 0 saturated heterocycles. The van der Waals surface area contributed by atoms with Crippen molar-refractivity contribution in [1.82, 2.24) is 24.3 Å². The number of nitrogens with two attached hydrogens (primary N) is 1. The summed E-state index contributed by atoms with van der Waals surface area (Å²) in [6.07, 6.45) is 8.17. The minimum atomic E-state index is -1.16. The highest BCUT2D eigenvalue weighted by atomic mass is 35.5. The summed E-state index contributed by atoms with van der Waals surface area (Å²) in [7, 11) is 0. The molecule has 0 bridgehead atoms. The third-order valence-corrected chi connectivity index (χ3v) is 6.39. The molecule has 0 unspecified atom stereocenters. The normalized spacial score (nSPS) is 17.4. The first kappa shape index (κ1) is 21.1. The molecule has 9 nitrogen and oxygen atoms in total. The topological polar surface area (TPSA) is 131 Å². The number of hydrogen-bond donors (Lipinski definition) is 3. The van der Waals surface area contributed by atoms with Crippen molar-refractivity contribution in [3.63, 3.8) is 0 Å². The van der Waals surface area contributed by atoms with Crippen LogP contribution in [0, 0.1) is 0 Å². The van der Waals surface area contributed by atoms with E-state index in [9.17, 15) is 9.90 Å². The maximum Gasteiger partial charge on any atom is 0.240 e. The number of nitrogens with zero attached hydrogens (tertiary/aromatic N) is 5. The number of aryl methyl sites for hydroxylation is 1. The molecule has 0 saturated carbocycles. The molecule has 0 aliphatic carbocycles. The van der Waals surface area contributed by atoms with Crippen molar-refractivity contribution in [3.05, 3.63) is 58.6 Å². The lowest BCUT2D eigenvalue weighted by Crippen LogP contribution is -2.33. The molecule has 5 rings (SSSR count). The molecule has 4 heterocycles. The van der Waals surface area contributed by atoms with E-state index in [1.54, 1.807) is 31.5 Å². The predicted molar refractivity (Wildman–Crippen MR) is 125 cm³/mol. The molecule has 33 heavy (non-hydrogen) atoms. The number of phenols is 1. The van der Waals surface area contributed by atoms with Crippen LogP contribution in [-0.2, 0) is 16.6 Å². The number of anilines is 2. The number of carbonyl (C=O) groups excluding carboxylic acids is 1. The highest BCUT2D eigenvalue weighted by Gasteiger charge is 2.47. The van der Waals surface area contributed by atoms with Crippen molar-refractivity contribution >= 4 is 34.8 Å². The van der Waals surface area contributed by atoms with Crippen LogP contribution in [0.25, 0.3) is 17.2 Å². The first-order valence-corrected chi connectivity index (χ1v) is 11.0. The zero-order chi connectivity index (χ0) is 23.3. The first-order chi connectivity index (χ1) is 15.8. The summed E-state index contributed by atoms with van der Waals surface area (Å²) in [5.74, 6) is 0.438. The molecule has 3 aromatic heterocycles. The molecule has 0 radical (unpaired) electrons. The molecule has 1 atom stereocenters. The van der Waals surface area contributed by atoms with Crippen LogP contribution in [0.5, 0.6) is 5.75 Å². The Morgan fingerprint density at radius 2 is 2.09 bits per heavy atom. The van der Waals surface area contributed by atoms with Gasteiger partial charge in [-0.25, -0.2) is 19.9 Å². The van der Waals surface area contributed by atoms with E-state index in [0.717, 1.165) is 30.6 Å². The summed E-state index contributed by atoms with van der Waals surface area (Å²) in [6.45, 7) is 3.85. The van der Waals surface area contributed by atoms with Crippen molar-refractivity contribution < 1.29 is 9.90 Å². The zero-order valence-corrected chi connectivity index (χ0v) is 18.9. The third kappa shape index (κ3) is 3.27. The van der Waals surface area contributed by atoms with Gasteiger partial charge in [0, 0.05) is 18.6 Å². The van der Waals surface area contributed by atoms with Crippen LogP contribution in [0.2, 0.25) is 5.02 Å². The number of aromatic hydroxyl groups is 1. The van der Waals surface area contributed by atoms with Crippen molar-refractivity contribution in [3.8, 4) is 17.3 Å². The molecule has 4 aromatic rings. The van der Waals surface area contributed by atoms with E-state index < -0.39 is 5.41 Å². The fraction of sp³-hybridized carbons (Fsp3) is 0.261. The second-order valence-electron chi connectivity index (χ2n) is 8.24. The van der Waals surface area contributed by atoms with Gasteiger partial charge >= 0.3 is 0 Å². The van der Waals surface area contributed by atoms with E-state index in [2.05, 4.69) is 27.2 Å². The Hall–Kier alpha value is -3.72. The first-order valence-electron chi connectivity index (χ1n) is 10.6. The smallest absolute Gasteiger partial charge is 0.240 e. The fourth-order valence-corrected chi connectivity index (χ4v) is 4.41. The Labute approximate surface area is 194 Å². The number of phenolic OH excluding ortho intramolecular Hbond substituents is 1. The van der Waals surface area contributed by atoms with Crippen molar-refractivity contribution in [2.75, 3.05) is 11.1 Å². The second kappa shape index (κ2) is 7.70. The molecular formula is C23H22ClN7O2. The second-order valence-corrected chi connectivity index (χ2v) is 8.64. The van der Waals surface area contributed by atoms with Gasteiger partial charge in [-0.1, -0.05) is 31.0 Å². The van der Waals surface area contributed by atoms with Crippen LogP contribution in [-0.4, -0.2) is 35.4 Å². The lowest BCUT2D eigenvalue weighted by molar-refractivity contribution is -0.119. The van der Waals surface area contributed by atoms with Crippen molar-refractivity contribution in [2.24, 2.45) is 0 Å². The summed E-state index contributed by atoms with van der Waals surface area (Å²) in [5, 5.41) is 12.8. The lowest BCUT2D eigenvalue weighted by Gasteiger charge is -2.23. The van der Waals surface area contributed by atoms with Gasteiger partial charge in [-0.2, -0.15) is 0 Å². The number of fused-ring (bicyclic) bond motifs is 2. The Morgan fingerprint density at radius 3 is 2.85 bits per heavy atom. The van der Waals surface area contributed by atoms with Gasteiger partial charge < -0.3 is 20.6 Å². The number of rotatable bonds is 5. The van der Waals surface area contributed by atoms with Gasteiger partial charge in [0.1, 0.15) is 28.5 Å². The summed E-state index contributed by atoms with van der Waals surface area (Å²) in [5.41, 5.74) is 8.46. The molecule has 1 aliphatic rings. The number of nitrogen functional groups attached to an aromatic ring is 1. The lowest BCUT2D eigenvalue weighted by atomic mass is 9.77. The number of unbranched alkanes of at least 4 members (excludes halogenated alkanes) is 1. The van der Waals surface area contributed by atoms with Crippen LogP contribution in [0.3, 0.4) is 0 Å². The Morgan fingerprint density at radius 1 is 1.27 bits per heavy atom. The summed E-state index contributed by atoms with van der Waals surface area (Å²) < 4.78 is 1.89. The molecule has 168 valence electrons. The van der Waals surface area contributed by atoms with Gasteiger partial charge in [0.2, 0.25) is 5.91 Å². The number of nitrogens with one attached hydrogen (secondary N) is 1. The van der Waals surface area contributed by atoms with Crippen LogP contribution < -0.4 is 11.1 Å². The number of benzene rings is 1. The Bertz CT molecular complexity index is 1420. The van der Waals surface area contributed by atoms with Crippen LogP contribution in [0.1, 0.15) is 43.5 Å². The average molecular weight is 464 g/mol. The predicted octanol–water partition coefficient (Wildman–Crippen LogP) is 3.73. The zero-order valence-electron chi connectivity index (χ0n) is 18.1. The summed E-state index contributed by atoms with van der Waals surface area (Å²) in [6, 6.07) is 4.63. The maximum atomic E-state index is 13.1. The molecular weight excluding hydrogens is 442 g/mol. The number of imidazole rings is 1. The van der Waals surface area contributed by atoms with E-state index in [1.165, 1.54) is 6.07 Å². The fourth-order valence-electron chi connectivity index (χ4n) is 4.23. The summed E-state index contributed by atoms with van der Waals surface area (Å²) >= 11 is 6.10. The highest BCUT2D eigenvalue weighted by molar-refractivity contribution is 6.32. The number of halogens is 1. The Kier molecular flexibility index (Phi) is 4.93. The molecule has 0 spiro atoms.